The van der Waals surface area contributed by atoms with Gasteiger partial charge < -0.3 is 14.2 Å². The Bertz CT molecular complexity index is 1270. The van der Waals surface area contributed by atoms with Gasteiger partial charge in [0.1, 0.15) is 11.5 Å². The van der Waals surface area contributed by atoms with E-state index in [1.165, 1.54) is 63.1 Å². The molecule has 0 unspecified atom stereocenters. The summed E-state index contributed by atoms with van der Waals surface area (Å²) < 4.78 is 17.3. The highest BCUT2D eigenvalue weighted by Crippen LogP contribution is 2.31. The summed E-state index contributed by atoms with van der Waals surface area (Å²) in [7, 11) is 0. The van der Waals surface area contributed by atoms with Crippen LogP contribution in [0.1, 0.15) is 115 Å². The standard InChI is InChI=1S/C37H49NO6/c1-4-6-8-10-11-12-13-15-27-42-33-22-17-30(18-23-33)31-19-24-34(25-20-31)44-37(39)32-21-26-36(35(28-32)38(40)41)43-29(3)16-14-9-7-5-2/h17-26,28-29H,4-16,27H2,1-3H3/t29-/m1/s1. The number of hydrogen-bond acceptors (Lipinski definition) is 6. The number of esters is 1. The zero-order chi connectivity index (χ0) is 31.6. The quantitative estimate of drug-likeness (QED) is 0.0396. The number of rotatable bonds is 21. The molecule has 0 saturated carbocycles. The zero-order valence-electron chi connectivity index (χ0n) is 26.7. The maximum atomic E-state index is 12.8. The molecule has 3 rings (SSSR count). The molecule has 0 aliphatic heterocycles. The Morgan fingerprint density at radius 2 is 1.27 bits per heavy atom. The average Bonchev–Trinajstić information content (AvgIpc) is 3.03. The number of nitro benzene ring substituents is 1. The summed E-state index contributed by atoms with van der Waals surface area (Å²) in [5.41, 5.74) is 1.83. The van der Waals surface area contributed by atoms with Crippen molar-refractivity contribution >= 4 is 11.7 Å². The minimum Gasteiger partial charge on any atom is -0.494 e. The molecule has 0 aliphatic carbocycles. The molecule has 0 N–H and O–H groups in total. The number of benzene rings is 3. The van der Waals surface area contributed by atoms with Gasteiger partial charge in [0.2, 0.25) is 0 Å². The SMILES string of the molecule is CCCCCCCCCCOc1ccc(-c2ccc(OC(=O)c3ccc(O[C@H](C)CCCCCC)c([N+](=O)[O-])c3)cc2)cc1. The van der Waals surface area contributed by atoms with E-state index in [1.54, 1.807) is 12.1 Å². The molecule has 3 aromatic carbocycles. The zero-order valence-corrected chi connectivity index (χ0v) is 26.7. The van der Waals surface area contributed by atoms with Crippen molar-refractivity contribution in [3.05, 3.63) is 82.4 Å². The van der Waals surface area contributed by atoms with Crippen molar-refractivity contribution in [3.63, 3.8) is 0 Å². The van der Waals surface area contributed by atoms with Crippen molar-refractivity contribution in [1.29, 1.82) is 0 Å². The van der Waals surface area contributed by atoms with Gasteiger partial charge in [-0.3, -0.25) is 10.1 Å². The minimum absolute atomic E-state index is 0.0892. The van der Waals surface area contributed by atoms with Gasteiger partial charge in [-0.05, 0) is 73.7 Å². The Morgan fingerprint density at radius 3 is 1.86 bits per heavy atom. The van der Waals surface area contributed by atoms with E-state index in [2.05, 4.69) is 13.8 Å². The second-order valence-corrected chi connectivity index (χ2v) is 11.5. The summed E-state index contributed by atoms with van der Waals surface area (Å²) in [4.78, 5) is 24.0. The third-order valence-electron chi connectivity index (χ3n) is 7.70. The van der Waals surface area contributed by atoms with E-state index in [0.29, 0.717) is 5.75 Å². The Labute approximate surface area is 263 Å². The summed E-state index contributed by atoms with van der Waals surface area (Å²) in [5, 5.41) is 11.7. The van der Waals surface area contributed by atoms with Crippen molar-refractivity contribution in [2.45, 2.75) is 110 Å². The molecule has 0 spiro atoms. The molecule has 0 aliphatic rings. The number of carbonyl (C=O) groups excluding carboxylic acids is 1. The van der Waals surface area contributed by atoms with Crippen LogP contribution in [0.4, 0.5) is 5.69 Å². The molecule has 0 saturated heterocycles. The Kier molecular flexibility index (Phi) is 15.3. The lowest BCUT2D eigenvalue weighted by atomic mass is 10.1. The maximum Gasteiger partial charge on any atom is 0.343 e. The fraction of sp³-hybridized carbons (Fsp3) is 0.486. The Balaban J connectivity index is 1.48. The maximum absolute atomic E-state index is 12.8. The molecule has 0 bridgehead atoms. The first kappa shape index (κ1) is 34.6. The number of unbranched alkanes of at least 4 members (excludes halogenated alkanes) is 10. The molecule has 1 atom stereocenters. The summed E-state index contributed by atoms with van der Waals surface area (Å²) in [6.07, 6.45) is 15.3. The number of nitro groups is 1. The number of carbonyl (C=O) groups is 1. The van der Waals surface area contributed by atoms with E-state index in [9.17, 15) is 14.9 Å². The lowest BCUT2D eigenvalue weighted by Gasteiger charge is -2.15. The number of ether oxygens (including phenoxy) is 3. The fourth-order valence-electron chi connectivity index (χ4n) is 5.07. The normalized spacial score (nSPS) is 11.6. The Morgan fingerprint density at radius 1 is 0.727 bits per heavy atom. The molecule has 0 aromatic heterocycles. The van der Waals surface area contributed by atoms with E-state index < -0.39 is 10.9 Å². The summed E-state index contributed by atoms with van der Waals surface area (Å²) in [5.74, 6) is 0.698. The van der Waals surface area contributed by atoms with Crippen LogP contribution >= 0.6 is 0 Å². The van der Waals surface area contributed by atoms with Crippen LogP contribution in [0.15, 0.2) is 66.7 Å². The van der Waals surface area contributed by atoms with Gasteiger partial charge in [0.05, 0.1) is 23.2 Å². The fourth-order valence-corrected chi connectivity index (χ4v) is 5.07. The van der Waals surface area contributed by atoms with Gasteiger partial charge in [-0.2, -0.15) is 0 Å². The van der Waals surface area contributed by atoms with Crippen molar-refractivity contribution in [1.82, 2.24) is 0 Å². The molecule has 238 valence electrons. The van der Waals surface area contributed by atoms with Crippen LogP contribution in [0.5, 0.6) is 17.2 Å². The first-order valence-corrected chi connectivity index (χ1v) is 16.4. The van der Waals surface area contributed by atoms with Crippen molar-refractivity contribution in [2.75, 3.05) is 6.61 Å². The molecular weight excluding hydrogens is 554 g/mol. The molecule has 0 fully saturated rings. The molecule has 3 aromatic rings. The molecule has 7 nitrogen and oxygen atoms in total. The molecule has 0 heterocycles. The van der Waals surface area contributed by atoms with Crippen LogP contribution in [0.25, 0.3) is 11.1 Å². The third-order valence-corrected chi connectivity index (χ3v) is 7.70. The van der Waals surface area contributed by atoms with Gasteiger partial charge in [-0.15, -0.1) is 0 Å². The van der Waals surface area contributed by atoms with Crippen molar-refractivity contribution in [3.8, 4) is 28.4 Å². The van der Waals surface area contributed by atoms with E-state index in [-0.39, 0.29) is 23.1 Å². The van der Waals surface area contributed by atoms with Crippen LogP contribution < -0.4 is 14.2 Å². The summed E-state index contributed by atoms with van der Waals surface area (Å²) in [6, 6.07) is 19.3. The van der Waals surface area contributed by atoms with Crippen LogP contribution in [0.3, 0.4) is 0 Å². The van der Waals surface area contributed by atoms with Gasteiger partial charge in [-0.25, -0.2) is 4.79 Å². The average molecular weight is 604 g/mol. The molecular formula is C37H49NO6. The number of nitrogens with zero attached hydrogens (tertiary/aromatic N) is 1. The first-order valence-electron chi connectivity index (χ1n) is 16.4. The molecule has 7 heteroatoms. The molecule has 0 radical (unpaired) electrons. The van der Waals surface area contributed by atoms with Crippen molar-refractivity contribution < 1.29 is 23.9 Å². The summed E-state index contributed by atoms with van der Waals surface area (Å²) >= 11 is 0. The van der Waals surface area contributed by atoms with E-state index in [1.807, 2.05) is 43.3 Å². The summed E-state index contributed by atoms with van der Waals surface area (Å²) in [6.45, 7) is 7.03. The van der Waals surface area contributed by atoms with Gasteiger partial charge in [0.25, 0.3) is 0 Å². The lowest BCUT2D eigenvalue weighted by Crippen LogP contribution is -2.14. The lowest BCUT2D eigenvalue weighted by molar-refractivity contribution is -0.386. The van der Waals surface area contributed by atoms with Gasteiger partial charge in [0, 0.05) is 6.07 Å². The van der Waals surface area contributed by atoms with E-state index >= 15 is 0 Å². The first-order chi connectivity index (χ1) is 21.4. The highest BCUT2D eigenvalue weighted by atomic mass is 16.6. The van der Waals surface area contributed by atoms with Gasteiger partial charge >= 0.3 is 11.7 Å². The monoisotopic (exact) mass is 603 g/mol. The van der Waals surface area contributed by atoms with Crippen LogP contribution in [0.2, 0.25) is 0 Å². The van der Waals surface area contributed by atoms with E-state index in [4.69, 9.17) is 14.2 Å². The predicted molar refractivity (Wildman–Crippen MR) is 177 cm³/mol. The smallest absolute Gasteiger partial charge is 0.343 e. The third kappa shape index (κ3) is 12.0. The molecule has 44 heavy (non-hydrogen) atoms. The predicted octanol–water partition coefficient (Wildman–Crippen LogP) is 10.7. The Hall–Kier alpha value is -3.87. The minimum atomic E-state index is -0.669. The second kappa shape index (κ2) is 19.4. The highest BCUT2D eigenvalue weighted by Gasteiger charge is 2.21. The van der Waals surface area contributed by atoms with Crippen LogP contribution in [0, 0.1) is 10.1 Å². The largest absolute Gasteiger partial charge is 0.494 e. The van der Waals surface area contributed by atoms with Crippen molar-refractivity contribution in [2.24, 2.45) is 0 Å². The highest BCUT2D eigenvalue weighted by molar-refractivity contribution is 5.92. The van der Waals surface area contributed by atoms with Crippen LogP contribution in [-0.4, -0.2) is 23.6 Å². The molecule has 0 amide bonds. The van der Waals surface area contributed by atoms with Gasteiger partial charge in [-0.1, -0.05) is 102 Å². The second-order valence-electron chi connectivity index (χ2n) is 11.5. The van der Waals surface area contributed by atoms with Crippen LogP contribution in [-0.2, 0) is 0 Å². The topological polar surface area (TPSA) is 87.9 Å². The van der Waals surface area contributed by atoms with Gasteiger partial charge in [0.15, 0.2) is 5.75 Å². The number of hydrogen-bond donors (Lipinski definition) is 0. The van der Waals surface area contributed by atoms with E-state index in [0.717, 1.165) is 62.0 Å².